The number of amides is 1. The van der Waals surface area contributed by atoms with Gasteiger partial charge in [-0.25, -0.2) is 0 Å². The predicted octanol–water partition coefficient (Wildman–Crippen LogP) is 0.297. The Labute approximate surface area is 120 Å². The number of nitrogens with one attached hydrogen (secondary N) is 1. The summed E-state index contributed by atoms with van der Waals surface area (Å²) in [7, 11) is 4.19. The molecule has 1 heterocycles. The molecule has 1 amide bonds. The molecular formula is C15H23N3O2. The second kappa shape index (κ2) is 6.72. The van der Waals surface area contributed by atoms with E-state index in [1.807, 2.05) is 6.07 Å². The average Bonchev–Trinajstić information content (AvgIpc) is 2.42. The highest BCUT2D eigenvalue weighted by Crippen LogP contribution is 2.15. The highest BCUT2D eigenvalue weighted by atomic mass is 16.3. The van der Waals surface area contributed by atoms with Gasteiger partial charge in [0.1, 0.15) is 5.75 Å². The number of rotatable bonds is 4. The van der Waals surface area contributed by atoms with Crippen molar-refractivity contribution in [2.24, 2.45) is 0 Å². The number of piperazine rings is 1. The minimum atomic E-state index is -0.0480. The molecule has 1 atom stereocenters. The topological polar surface area (TPSA) is 55.8 Å². The smallest absolute Gasteiger partial charge is 0.224 e. The molecule has 1 saturated heterocycles. The van der Waals surface area contributed by atoms with E-state index < -0.39 is 0 Å². The van der Waals surface area contributed by atoms with Gasteiger partial charge < -0.3 is 15.3 Å². The molecule has 5 heteroatoms. The van der Waals surface area contributed by atoms with E-state index in [-0.39, 0.29) is 18.1 Å². The summed E-state index contributed by atoms with van der Waals surface area (Å²) in [5, 5.41) is 12.6. The van der Waals surface area contributed by atoms with Crippen molar-refractivity contribution in [2.45, 2.75) is 12.5 Å². The largest absolute Gasteiger partial charge is 0.508 e. The fourth-order valence-corrected chi connectivity index (χ4v) is 2.45. The quantitative estimate of drug-likeness (QED) is 0.831. The zero-order valence-corrected chi connectivity index (χ0v) is 12.2. The van der Waals surface area contributed by atoms with Crippen LogP contribution >= 0.6 is 0 Å². The third kappa shape index (κ3) is 3.95. The van der Waals surface area contributed by atoms with Crippen molar-refractivity contribution in [3.8, 4) is 5.75 Å². The van der Waals surface area contributed by atoms with Gasteiger partial charge in [-0.15, -0.1) is 0 Å². The molecule has 1 unspecified atom stereocenters. The maximum absolute atomic E-state index is 11.9. The number of benzene rings is 1. The summed E-state index contributed by atoms with van der Waals surface area (Å²) >= 11 is 0. The molecule has 2 rings (SSSR count). The van der Waals surface area contributed by atoms with Gasteiger partial charge in [-0.2, -0.15) is 0 Å². The summed E-state index contributed by atoms with van der Waals surface area (Å²) in [5.74, 6) is 0.130. The second-order valence-electron chi connectivity index (χ2n) is 5.51. The van der Waals surface area contributed by atoms with Crippen molar-refractivity contribution in [3.05, 3.63) is 29.8 Å². The number of likely N-dealkylation sites (N-methyl/N-ethyl adjacent to an activating group) is 2. The molecular weight excluding hydrogens is 254 g/mol. The Hall–Kier alpha value is -1.59. The maximum atomic E-state index is 11.9. The van der Waals surface area contributed by atoms with Crippen LogP contribution < -0.4 is 5.32 Å². The first-order chi connectivity index (χ1) is 9.56. The minimum absolute atomic E-state index is 0.0480. The van der Waals surface area contributed by atoms with Crippen molar-refractivity contribution in [1.29, 1.82) is 0 Å². The number of carbonyl (C=O) groups is 1. The van der Waals surface area contributed by atoms with Crippen molar-refractivity contribution in [1.82, 2.24) is 15.1 Å². The number of hydrogen-bond donors (Lipinski definition) is 2. The number of aromatic hydroxyl groups is 1. The summed E-state index contributed by atoms with van der Waals surface area (Å²) in [6, 6.07) is 7.31. The Bertz CT molecular complexity index is 464. The lowest BCUT2D eigenvalue weighted by Gasteiger charge is -2.37. The van der Waals surface area contributed by atoms with E-state index in [0.29, 0.717) is 18.2 Å². The van der Waals surface area contributed by atoms with Gasteiger partial charge in [-0.1, -0.05) is 18.2 Å². The van der Waals surface area contributed by atoms with Gasteiger partial charge in [0.2, 0.25) is 5.91 Å². The molecule has 0 saturated carbocycles. The van der Waals surface area contributed by atoms with Crippen molar-refractivity contribution >= 4 is 5.91 Å². The van der Waals surface area contributed by atoms with Gasteiger partial charge in [0.05, 0.1) is 6.42 Å². The summed E-state index contributed by atoms with van der Waals surface area (Å²) in [5.41, 5.74) is 0.666. The molecule has 2 N–H and O–H groups in total. The summed E-state index contributed by atoms with van der Waals surface area (Å²) < 4.78 is 0. The fraction of sp³-hybridized carbons (Fsp3) is 0.533. The van der Waals surface area contributed by atoms with E-state index in [2.05, 4.69) is 29.2 Å². The van der Waals surface area contributed by atoms with Crippen LogP contribution in [-0.2, 0) is 11.2 Å². The summed E-state index contributed by atoms with van der Waals surface area (Å²) in [4.78, 5) is 16.5. The molecule has 0 bridgehead atoms. The van der Waals surface area contributed by atoms with Crippen LogP contribution in [0.25, 0.3) is 0 Å². The van der Waals surface area contributed by atoms with Gasteiger partial charge in [-0.3, -0.25) is 9.69 Å². The van der Waals surface area contributed by atoms with Crippen LogP contribution in [-0.4, -0.2) is 67.1 Å². The van der Waals surface area contributed by atoms with E-state index in [1.165, 1.54) is 0 Å². The van der Waals surface area contributed by atoms with Crippen molar-refractivity contribution in [3.63, 3.8) is 0 Å². The van der Waals surface area contributed by atoms with Crippen molar-refractivity contribution in [2.75, 3.05) is 40.3 Å². The number of para-hydroxylation sites is 1. The Morgan fingerprint density at radius 2 is 2.10 bits per heavy atom. The second-order valence-corrected chi connectivity index (χ2v) is 5.51. The molecule has 1 aromatic carbocycles. The number of carbonyl (C=O) groups excluding carboxylic acids is 1. The van der Waals surface area contributed by atoms with Gasteiger partial charge in [0.25, 0.3) is 0 Å². The van der Waals surface area contributed by atoms with Crippen LogP contribution in [0.4, 0.5) is 0 Å². The third-order valence-electron chi connectivity index (χ3n) is 3.86. The first-order valence-electron chi connectivity index (χ1n) is 6.98. The van der Waals surface area contributed by atoms with Crippen LogP contribution in [0.1, 0.15) is 5.56 Å². The molecule has 110 valence electrons. The molecule has 0 aliphatic carbocycles. The average molecular weight is 277 g/mol. The Morgan fingerprint density at radius 3 is 2.85 bits per heavy atom. The highest BCUT2D eigenvalue weighted by molar-refractivity contribution is 5.79. The number of phenols is 1. The lowest BCUT2D eigenvalue weighted by molar-refractivity contribution is -0.120. The first-order valence-corrected chi connectivity index (χ1v) is 6.98. The van der Waals surface area contributed by atoms with E-state index >= 15 is 0 Å². The van der Waals surface area contributed by atoms with E-state index in [9.17, 15) is 9.90 Å². The summed E-state index contributed by atoms with van der Waals surface area (Å²) in [6.07, 6.45) is 0.221. The van der Waals surface area contributed by atoms with Crippen LogP contribution in [0.5, 0.6) is 5.75 Å². The Morgan fingerprint density at radius 1 is 1.35 bits per heavy atom. The van der Waals surface area contributed by atoms with Gasteiger partial charge in [-0.05, 0) is 20.2 Å². The third-order valence-corrected chi connectivity index (χ3v) is 3.86. The SMILES string of the molecule is CN1CCN(C)C(CNC(=O)Cc2ccccc2O)C1. The zero-order chi connectivity index (χ0) is 14.5. The molecule has 5 nitrogen and oxygen atoms in total. The molecule has 1 aliphatic heterocycles. The number of phenolic OH excluding ortho intramolecular Hbond substituents is 1. The lowest BCUT2D eigenvalue weighted by Crippen LogP contribution is -2.54. The van der Waals surface area contributed by atoms with E-state index in [1.54, 1.807) is 18.2 Å². The van der Waals surface area contributed by atoms with Crippen LogP contribution in [0.2, 0.25) is 0 Å². The monoisotopic (exact) mass is 277 g/mol. The predicted molar refractivity (Wildman–Crippen MR) is 78.7 cm³/mol. The highest BCUT2D eigenvalue weighted by Gasteiger charge is 2.22. The van der Waals surface area contributed by atoms with E-state index in [4.69, 9.17) is 0 Å². The van der Waals surface area contributed by atoms with Gasteiger partial charge in [0, 0.05) is 37.8 Å². The molecule has 1 aromatic rings. The van der Waals surface area contributed by atoms with Crippen LogP contribution in [0.15, 0.2) is 24.3 Å². The van der Waals surface area contributed by atoms with Crippen LogP contribution in [0.3, 0.4) is 0 Å². The number of nitrogens with zero attached hydrogens (tertiary/aromatic N) is 2. The molecule has 1 fully saturated rings. The molecule has 0 spiro atoms. The molecule has 0 radical (unpaired) electrons. The lowest BCUT2D eigenvalue weighted by atomic mass is 10.1. The van der Waals surface area contributed by atoms with Gasteiger partial charge >= 0.3 is 0 Å². The normalized spacial score (nSPS) is 20.8. The van der Waals surface area contributed by atoms with E-state index in [0.717, 1.165) is 19.6 Å². The summed E-state index contributed by atoms with van der Waals surface area (Å²) in [6.45, 7) is 3.70. The fourth-order valence-electron chi connectivity index (χ4n) is 2.45. The standard InChI is InChI=1S/C15H23N3O2/c1-17-7-8-18(2)13(11-17)10-16-15(20)9-12-5-3-4-6-14(12)19/h3-6,13,19H,7-11H2,1-2H3,(H,16,20). The van der Waals surface area contributed by atoms with Crippen LogP contribution in [0, 0.1) is 0 Å². The number of hydrogen-bond acceptors (Lipinski definition) is 4. The minimum Gasteiger partial charge on any atom is -0.508 e. The maximum Gasteiger partial charge on any atom is 0.224 e. The van der Waals surface area contributed by atoms with Crippen molar-refractivity contribution < 1.29 is 9.90 Å². The molecule has 20 heavy (non-hydrogen) atoms. The Balaban J connectivity index is 1.82. The Kier molecular flexibility index (Phi) is 4.98. The molecule has 1 aliphatic rings. The molecule has 0 aromatic heterocycles. The first kappa shape index (κ1) is 14.8. The zero-order valence-electron chi connectivity index (χ0n) is 12.2. The van der Waals surface area contributed by atoms with Gasteiger partial charge in [0.15, 0.2) is 0 Å².